The number of carbonyl (C=O) groups is 3. The van der Waals surface area contributed by atoms with Crippen molar-refractivity contribution in [2.45, 2.75) is 31.1 Å². The lowest BCUT2D eigenvalue weighted by Crippen LogP contribution is -2.51. The molecule has 1 aliphatic carbocycles. The van der Waals surface area contributed by atoms with Gasteiger partial charge >= 0.3 is 18.2 Å². The summed E-state index contributed by atoms with van der Waals surface area (Å²) in [6, 6.07) is 21.3. The van der Waals surface area contributed by atoms with E-state index in [2.05, 4.69) is 0 Å². The van der Waals surface area contributed by atoms with Crippen LogP contribution < -0.4 is 5.32 Å². The smallest absolute Gasteiger partial charge is 0.407 e. The number of aliphatic carboxylic acids is 1. The Bertz CT molecular complexity index is 1270. The number of benzene rings is 3. The molecule has 0 fully saturated rings. The summed E-state index contributed by atoms with van der Waals surface area (Å²) in [5.74, 6) is -2.91. The monoisotopic (exact) mass is 526 g/mol. The average Bonchev–Trinajstić information content (AvgIpc) is 3.19. The number of fused-ring (bicyclic) bond motifs is 3. The lowest BCUT2D eigenvalue weighted by atomic mass is 9.98. The van der Waals surface area contributed by atoms with Crippen molar-refractivity contribution in [1.29, 1.82) is 0 Å². The van der Waals surface area contributed by atoms with Crippen LogP contribution in [0.1, 0.15) is 29.0 Å². The molecule has 0 aromatic heterocycles. The fourth-order valence-corrected chi connectivity index (χ4v) is 4.61. The fraction of sp³-hybridized carbons (Fsp3) is 0.250. The number of alkyl halides is 3. The fourth-order valence-electron chi connectivity index (χ4n) is 4.61. The predicted octanol–water partition coefficient (Wildman–Crippen LogP) is 4.96. The van der Waals surface area contributed by atoms with Crippen LogP contribution in [0.3, 0.4) is 0 Å². The molecule has 2 N–H and O–H groups in total. The van der Waals surface area contributed by atoms with Crippen LogP contribution in [-0.4, -0.2) is 53.3 Å². The third kappa shape index (κ3) is 6.50. The number of carboxylic acids is 1. The van der Waals surface area contributed by atoms with Crippen LogP contribution in [0, 0.1) is 0 Å². The molecule has 0 heterocycles. The Labute approximate surface area is 216 Å². The van der Waals surface area contributed by atoms with Gasteiger partial charge in [0, 0.05) is 12.5 Å². The number of nitrogens with one attached hydrogen (secondary N) is 1. The summed E-state index contributed by atoms with van der Waals surface area (Å²) < 4.78 is 45.4. The molecule has 10 heteroatoms. The summed E-state index contributed by atoms with van der Waals surface area (Å²) in [5.41, 5.74) is 4.31. The molecule has 0 bridgehead atoms. The SMILES string of the molecule is O=C(O)CN(Cc1ccccc1)C(=O)C(CC(F)(F)F)NC(=O)OCC1c2ccccc2-c2ccccc21. The number of hydrogen-bond donors (Lipinski definition) is 2. The maximum absolute atomic E-state index is 13.4. The van der Waals surface area contributed by atoms with Crippen LogP contribution >= 0.6 is 0 Å². The second-order valence-corrected chi connectivity index (χ2v) is 8.92. The second-order valence-electron chi connectivity index (χ2n) is 8.92. The molecule has 0 saturated heterocycles. The van der Waals surface area contributed by atoms with Crippen molar-refractivity contribution >= 4 is 18.0 Å². The maximum Gasteiger partial charge on any atom is 0.407 e. The summed E-state index contributed by atoms with van der Waals surface area (Å²) in [5, 5.41) is 11.3. The zero-order chi connectivity index (χ0) is 27.3. The van der Waals surface area contributed by atoms with Crippen LogP contribution in [-0.2, 0) is 20.9 Å². The van der Waals surface area contributed by atoms with Crippen LogP contribution in [0.2, 0.25) is 0 Å². The number of alkyl carbamates (subject to hydrolysis) is 1. The Morgan fingerprint density at radius 1 is 0.895 bits per heavy atom. The summed E-state index contributed by atoms with van der Waals surface area (Å²) in [7, 11) is 0. The molecule has 4 rings (SSSR count). The largest absolute Gasteiger partial charge is 0.480 e. The number of hydrogen-bond acceptors (Lipinski definition) is 4. The first-order chi connectivity index (χ1) is 18.1. The van der Waals surface area contributed by atoms with Crippen molar-refractivity contribution in [2.75, 3.05) is 13.2 Å². The van der Waals surface area contributed by atoms with E-state index in [1.807, 2.05) is 53.8 Å². The average molecular weight is 527 g/mol. The maximum atomic E-state index is 13.4. The zero-order valence-corrected chi connectivity index (χ0v) is 20.1. The Hall–Kier alpha value is -4.34. The van der Waals surface area contributed by atoms with E-state index in [4.69, 9.17) is 4.74 Å². The molecule has 38 heavy (non-hydrogen) atoms. The molecular formula is C28H25F3N2O5. The van der Waals surface area contributed by atoms with Gasteiger partial charge in [0.15, 0.2) is 0 Å². The first-order valence-electron chi connectivity index (χ1n) is 11.8. The first kappa shape index (κ1) is 26.7. The number of rotatable bonds is 9. The molecular weight excluding hydrogens is 501 g/mol. The van der Waals surface area contributed by atoms with E-state index in [1.54, 1.807) is 30.3 Å². The van der Waals surface area contributed by atoms with E-state index in [0.717, 1.165) is 27.2 Å². The minimum Gasteiger partial charge on any atom is -0.480 e. The van der Waals surface area contributed by atoms with Gasteiger partial charge in [0.1, 0.15) is 19.2 Å². The standard InChI is InChI=1S/C28H25F3N2O5/c29-28(30,31)14-24(26(36)33(16-25(34)35)15-18-8-2-1-3-9-18)32-27(37)38-17-23-21-12-6-4-10-19(21)20-11-5-7-13-22(20)23/h1-13,23-24H,14-17H2,(H,32,37)(H,34,35). The third-order valence-corrected chi connectivity index (χ3v) is 6.22. The van der Waals surface area contributed by atoms with E-state index >= 15 is 0 Å². The molecule has 3 aromatic carbocycles. The zero-order valence-electron chi connectivity index (χ0n) is 20.1. The number of halogens is 3. The summed E-state index contributed by atoms with van der Waals surface area (Å²) in [6.45, 7) is -1.24. The normalized spacial score (nSPS) is 13.2. The minimum absolute atomic E-state index is 0.157. The van der Waals surface area contributed by atoms with Gasteiger partial charge in [0.05, 0.1) is 6.42 Å². The van der Waals surface area contributed by atoms with Crippen molar-refractivity contribution in [2.24, 2.45) is 0 Å². The highest BCUT2D eigenvalue weighted by Gasteiger charge is 2.39. The van der Waals surface area contributed by atoms with Gasteiger partial charge < -0.3 is 20.1 Å². The number of carbonyl (C=O) groups excluding carboxylic acids is 2. The Balaban J connectivity index is 1.49. The molecule has 0 saturated carbocycles. The number of nitrogens with zero attached hydrogens (tertiary/aromatic N) is 1. The van der Waals surface area contributed by atoms with Crippen LogP contribution in [0.15, 0.2) is 78.9 Å². The van der Waals surface area contributed by atoms with Crippen molar-refractivity contribution < 1.29 is 37.4 Å². The van der Waals surface area contributed by atoms with E-state index in [-0.39, 0.29) is 19.1 Å². The molecule has 1 aliphatic rings. The van der Waals surface area contributed by atoms with Crippen LogP contribution in [0.4, 0.5) is 18.0 Å². The van der Waals surface area contributed by atoms with Crippen molar-refractivity contribution in [3.63, 3.8) is 0 Å². The van der Waals surface area contributed by atoms with Crippen LogP contribution in [0.5, 0.6) is 0 Å². The highest BCUT2D eigenvalue weighted by molar-refractivity contribution is 5.88. The quantitative estimate of drug-likeness (QED) is 0.411. The van der Waals surface area contributed by atoms with Crippen molar-refractivity contribution in [1.82, 2.24) is 10.2 Å². The van der Waals surface area contributed by atoms with Crippen molar-refractivity contribution in [3.8, 4) is 11.1 Å². The summed E-state index contributed by atoms with van der Waals surface area (Å²) >= 11 is 0. The topological polar surface area (TPSA) is 95.9 Å². The molecule has 2 amide bonds. The Morgan fingerprint density at radius 2 is 1.45 bits per heavy atom. The van der Waals surface area contributed by atoms with Gasteiger partial charge in [-0.1, -0.05) is 78.9 Å². The molecule has 3 aromatic rings. The van der Waals surface area contributed by atoms with Gasteiger partial charge in [0.25, 0.3) is 0 Å². The van der Waals surface area contributed by atoms with Gasteiger partial charge in [-0.3, -0.25) is 9.59 Å². The predicted molar refractivity (Wildman–Crippen MR) is 132 cm³/mol. The number of amides is 2. The lowest BCUT2D eigenvalue weighted by Gasteiger charge is -2.27. The van der Waals surface area contributed by atoms with Crippen molar-refractivity contribution in [3.05, 3.63) is 95.6 Å². The summed E-state index contributed by atoms with van der Waals surface area (Å²) in [4.78, 5) is 37.8. The molecule has 0 aliphatic heterocycles. The van der Waals surface area contributed by atoms with Gasteiger partial charge in [-0.05, 0) is 27.8 Å². The Kier molecular flexibility index (Phi) is 7.99. The molecule has 0 radical (unpaired) electrons. The molecule has 0 spiro atoms. The summed E-state index contributed by atoms with van der Waals surface area (Å²) in [6.07, 6.45) is -7.69. The van der Waals surface area contributed by atoms with E-state index in [1.165, 1.54) is 0 Å². The highest BCUT2D eigenvalue weighted by atomic mass is 19.4. The second kappa shape index (κ2) is 11.4. The minimum atomic E-state index is -4.81. The Morgan fingerprint density at radius 3 is 2.00 bits per heavy atom. The highest BCUT2D eigenvalue weighted by Crippen LogP contribution is 2.44. The van der Waals surface area contributed by atoms with E-state index in [0.29, 0.717) is 5.56 Å². The molecule has 198 valence electrons. The van der Waals surface area contributed by atoms with Crippen LogP contribution in [0.25, 0.3) is 11.1 Å². The first-order valence-corrected chi connectivity index (χ1v) is 11.8. The third-order valence-electron chi connectivity index (χ3n) is 6.22. The van der Waals surface area contributed by atoms with Gasteiger partial charge in [-0.15, -0.1) is 0 Å². The number of carboxylic acid groups (broad SMARTS) is 1. The van der Waals surface area contributed by atoms with Gasteiger partial charge in [-0.2, -0.15) is 13.2 Å². The van der Waals surface area contributed by atoms with E-state index < -0.39 is 43.2 Å². The number of ether oxygens (including phenoxy) is 1. The lowest BCUT2D eigenvalue weighted by molar-refractivity contribution is -0.156. The van der Waals surface area contributed by atoms with Gasteiger partial charge in [0.2, 0.25) is 5.91 Å². The molecule has 1 unspecified atom stereocenters. The molecule has 1 atom stereocenters. The van der Waals surface area contributed by atoms with E-state index in [9.17, 15) is 32.7 Å². The van der Waals surface area contributed by atoms with Gasteiger partial charge in [-0.25, -0.2) is 4.79 Å². The molecule has 7 nitrogen and oxygen atoms in total.